The van der Waals surface area contributed by atoms with Crippen molar-refractivity contribution in [3.63, 3.8) is 0 Å². The number of phenols is 1. The van der Waals surface area contributed by atoms with Gasteiger partial charge in [0, 0.05) is 94.8 Å². The maximum Gasteiger partial charge on any atom is 0.251 e. The van der Waals surface area contributed by atoms with Crippen LogP contribution in [0.3, 0.4) is 0 Å². The second-order valence-corrected chi connectivity index (χ2v) is 26.7. The first-order valence-corrected chi connectivity index (χ1v) is 34.2. The summed E-state index contributed by atoms with van der Waals surface area (Å²) in [5.74, 6) is -8.20. The minimum Gasteiger partial charge on any atom is -0.504 e. The fourth-order valence-electron chi connectivity index (χ4n) is 13.7. The second kappa shape index (κ2) is 36.3. The molecule has 1 unspecified atom stereocenters. The summed E-state index contributed by atoms with van der Waals surface area (Å²) >= 11 is 0. The number of nitrogens with zero attached hydrogens (tertiary/aromatic N) is 4. The molecule has 4 heterocycles. The average molecular weight is 1380 g/mol. The smallest absolute Gasteiger partial charge is 0.251 e. The molecule has 5 aliphatic rings. The lowest BCUT2D eigenvalue weighted by molar-refractivity contribution is -0.147. The topological polar surface area (TPSA) is 448 Å². The van der Waals surface area contributed by atoms with Crippen molar-refractivity contribution in [1.82, 2.24) is 51.9 Å². The number of fused-ring (bicyclic) bond motifs is 2. The molecule has 0 bridgehead atoms. The van der Waals surface area contributed by atoms with E-state index in [1.54, 1.807) is 12.1 Å². The summed E-state index contributed by atoms with van der Waals surface area (Å²) in [5, 5.41) is 137. The fraction of sp³-hybridized carbons (Fsp3) is 0.632. The predicted molar refractivity (Wildman–Crippen MR) is 357 cm³/mol. The molecule has 4 aliphatic heterocycles. The van der Waals surface area contributed by atoms with Crippen molar-refractivity contribution in [2.75, 3.05) is 96.8 Å². The first-order chi connectivity index (χ1) is 46.9. The highest BCUT2D eigenvalue weighted by Gasteiger charge is 2.50. The Bertz CT molecular complexity index is 3110. The van der Waals surface area contributed by atoms with E-state index in [2.05, 4.69) is 66.1 Å². The van der Waals surface area contributed by atoms with Gasteiger partial charge in [-0.3, -0.25) is 38.5 Å². The zero-order valence-electron chi connectivity index (χ0n) is 55.9. The zero-order chi connectivity index (χ0) is 70.9. The first-order valence-electron chi connectivity index (χ1n) is 34.2. The maximum atomic E-state index is 15.1. The number of carbonyl (C=O) groups excluding carboxylic acids is 7. The quantitative estimate of drug-likeness (QED) is 0.0378. The van der Waals surface area contributed by atoms with Gasteiger partial charge in [-0.2, -0.15) is 0 Å². The van der Waals surface area contributed by atoms with Crippen LogP contribution < -0.4 is 46.9 Å². The number of aromatic hydroxyl groups is 1. The molecule has 0 aromatic heterocycles. The molecule has 0 radical (unpaired) electrons. The van der Waals surface area contributed by atoms with E-state index in [0.29, 0.717) is 6.04 Å². The van der Waals surface area contributed by atoms with Crippen LogP contribution in [0.4, 0.5) is 5.69 Å². The number of aliphatic hydroxyl groups is 10. The van der Waals surface area contributed by atoms with Crippen molar-refractivity contribution in [1.29, 1.82) is 0 Å². The van der Waals surface area contributed by atoms with Gasteiger partial charge in [0.1, 0.15) is 42.9 Å². The van der Waals surface area contributed by atoms with E-state index in [-0.39, 0.29) is 62.1 Å². The molecular formula is C68H101N11O19. The van der Waals surface area contributed by atoms with Crippen molar-refractivity contribution < 1.29 is 94.5 Å². The third-order valence-corrected chi connectivity index (χ3v) is 19.7. The molecule has 13 atom stereocenters. The van der Waals surface area contributed by atoms with E-state index >= 15 is 4.79 Å². The van der Waals surface area contributed by atoms with E-state index in [9.17, 15) is 84.9 Å². The molecule has 98 heavy (non-hydrogen) atoms. The predicted octanol–water partition coefficient (Wildman–Crippen LogP) is -4.25. The lowest BCUT2D eigenvalue weighted by Gasteiger charge is -2.42. The molecule has 1 saturated carbocycles. The Morgan fingerprint density at radius 2 is 1.27 bits per heavy atom. The normalized spacial score (nSPS) is 27.7. The van der Waals surface area contributed by atoms with Gasteiger partial charge < -0.3 is 113 Å². The molecule has 542 valence electrons. The van der Waals surface area contributed by atoms with Crippen molar-refractivity contribution in [2.45, 2.75) is 170 Å². The number of benzene rings is 3. The van der Waals surface area contributed by atoms with Crippen LogP contribution in [0.25, 0.3) is 11.1 Å². The van der Waals surface area contributed by atoms with Gasteiger partial charge in [-0.25, -0.2) is 0 Å². The molecule has 7 amide bonds. The molecule has 30 heteroatoms. The summed E-state index contributed by atoms with van der Waals surface area (Å²) in [6, 6.07) is 6.38. The number of amides is 7. The number of carbonyl (C=O) groups is 7. The van der Waals surface area contributed by atoms with Gasteiger partial charge in [-0.1, -0.05) is 50.6 Å². The molecule has 30 nitrogen and oxygen atoms in total. The number of hydrogen-bond donors (Lipinski definition) is 18. The van der Waals surface area contributed by atoms with E-state index in [1.165, 1.54) is 69.4 Å². The fourth-order valence-corrected chi connectivity index (χ4v) is 13.7. The number of β-amino-alcohol motifs (C(OH)–C–C–N with tert-alkyl or cyclic N) is 1. The second-order valence-electron chi connectivity index (χ2n) is 26.7. The van der Waals surface area contributed by atoms with Crippen LogP contribution in [0.15, 0.2) is 66.7 Å². The molecular weight excluding hydrogens is 1270 g/mol. The van der Waals surface area contributed by atoms with Crippen LogP contribution in [-0.2, 0) is 35.2 Å². The summed E-state index contributed by atoms with van der Waals surface area (Å²) in [6.45, 7) is 5.20. The number of anilines is 1. The summed E-state index contributed by atoms with van der Waals surface area (Å²) in [7, 11) is 0. The molecule has 0 spiro atoms. The number of nitrogens with one attached hydrogen (secondary N) is 7. The third kappa shape index (κ3) is 19.8. The van der Waals surface area contributed by atoms with Crippen molar-refractivity contribution in [3.05, 3.63) is 77.9 Å². The third-order valence-electron chi connectivity index (χ3n) is 19.7. The van der Waals surface area contributed by atoms with Crippen LogP contribution in [-0.4, -0.2) is 295 Å². The minimum absolute atomic E-state index is 0.0798. The van der Waals surface area contributed by atoms with Crippen LogP contribution >= 0.6 is 0 Å². The van der Waals surface area contributed by atoms with Crippen molar-refractivity contribution in [2.24, 2.45) is 11.8 Å². The summed E-state index contributed by atoms with van der Waals surface area (Å²) < 4.78 is 5.72. The minimum atomic E-state index is -2.13. The molecule has 4 saturated heterocycles. The SMILES string of the molecule is CCC1CCC(N2CCN(c3ccc(-c4ccc(C(=O)NC5C[C@@H](O)CNC(=O)[C@@H]6[C@@H](O)[C@@H](C)CN6C(=O)[C@H]([C@H](O)CCNC(CO)CO)NC(=O)[C@H]([C@H](O)Cc6ccc(O)c(OCCNC(CO)CO)c6)NC(=O)[C@@H]6C[C@@H](O)CN6C(=O)[C@H]([C@@H](C)O)NC5=O)cc4)cc3)CC2)CC1. The molecule has 3 aromatic carbocycles. The Morgan fingerprint density at radius 1 is 0.663 bits per heavy atom. The summed E-state index contributed by atoms with van der Waals surface area (Å²) in [6.07, 6.45) is -6.05. The first kappa shape index (κ1) is 76.6. The number of piperazine rings is 1. The Balaban J connectivity index is 1.06. The van der Waals surface area contributed by atoms with Gasteiger partial charge in [-0.05, 0) is 105 Å². The largest absolute Gasteiger partial charge is 0.504 e. The number of aliphatic hydroxyl groups excluding tert-OH is 10. The van der Waals surface area contributed by atoms with Crippen LogP contribution in [0, 0.1) is 11.8 Å². The van der Waals surface area contributed by atoms with Crippen LogP contribution in [0.1, 0.15) is 88.1 Å². The van der Waals surface area contributed by atoms with Crippen molar-refractivity contribution >= 4 is 47.0 Å². The number of hydrogen-bond acceptors (Lipinski definition) is 23. The molecule has 5 fully saturated rings. The molecule has 18 N–H and O–H groups in total. The number of phenolic OH excluding ortho intramolecular Hbond substituents is 1. The summed E-state index contributed by atoms with van der Waals surface area (Å²) in [5.41, 5.74) is 3.03. The summed E-state index contributed by atoms with van der Waals surface area (Å²) in [4.78, 5) is 110. The van der Waals surface area contributed by atoms with Crippen LogP contribution in [0.5, 0.6) is 11.5 Å². The van der Waals surface area contributed by atoms with Gasteiger partial charge in [0.05, 0.1) is 75.1 Å². The molecule has 3 aromatic rings. The van der Waals surface area contributed by atoms with Gasteiger partial charge in [0.15, 0.2) is 11.5 Å². The van der Waals surface area contributed by atoms with E-state index < -0.39 is 184 Å². The highest BCUT2D eigenvalue weighted by atomic mass is 16.5. The van der Waals surface area contributed by atoms with Crippen LogP contribution in [0.2, 0.25) is 0 Å². The van der Waals surface area contributed by atoms with E-state index in [0.717, 1.165) is 65.6 Å². The van der Waals surface area contributed by atoms with Crippen molar-refractivity contribution in [3.8, 4) is 22.6 Å². The van der Waals surface area contributed by atoms with E-state index in [4.69, 9.17) is 4.74 Å². The number of rotatable bonds is 24. The maximum absolute atomic E-state index is 15.1. The molecule has 1 aliphatic carbocycles. The Labute approximate surface area is 570 Å². The monoisotopic (exact) mass is 1380 g/mol. The highest BCUT2D eigenvalue weighted by molar-refractivity contribution is 6.00. The Hall–Kier alpha value is -7.17. The lowest BCUT2D eigenvalue weighted by atomic mass is 9.84. The average Bonchev–Trinajstić information content (AvgIpc) is 1.68. The van der Waals surface area contributed by atoms with Gasteiger partial charge in [0.2, 0.25) is 35.4 Å². The van der Waals surface area contributed by atoms with E-state index in [1.807, 2.05) is 12.1 Å². The Kier molecular flexibility index (Phi) is 28.3. The van der Waals surface area contributed by atoms with Gasteiger partial charge in [0.25, 0.3) is 5.91 Å². The zero-order valence-corrected chi connectivity index (χ0v) is 55.9. The van der Waals surface area contributed by atoms with Gasteiger partial charge in [-0.15, -0.1) is 0 Å². The standard InChI is InChI=1S/C68H101N11O19/c1-4-40-5-14-47(15-6-40)76-22-24-77(25-23-76)48-16-12-43(13-17-48)42-8-10-44(11-9-42)62(91)72-51-29-49(85)31-71-66(95)60-61(90)38(2)32-79(60)68(97)59(54(88)19-20-69-45(34-80)35-81)75-65(94)58(55(89)27-41-7-18-53(87)56(28-41)98-26-21-70-46(36-82)37-83)74-64(93)52-30-50(86)33-78(52)67(96)57(39(3)84)73-63(51)92/h7-13,16-18,28,38-40,45-47,49-52,54-55,57-61,69-70,80-90H,4-6,14-15,19-27,29-37H2,1-3H3,(H,71,95)(H,72,91)(H,73,92)(H,74,93)(H,75,94)/t38-,39+,40?,47?,49+,50+,51?,52-,54+,55+,57-,58-,59-,60-,61-/m0/s1. The number of ether oxygens (including phenoxy) is 1. The Morgan fingerprint density at radius 3 is 1.89 bits per heavy atom. The van der Waals surface area contributed by atoms with Gasteiger partial charge >= 0.3 is 0 Å². The lowest BCUT2D eigenvalue weighted by Crippen LogP contribution is -2.64. The highest BCUT2D eigenvalue weighted by Crippen LogP contribution is 2.33. The molecule has 8 rings (SSSR count).